The molecule has 0 heterocycles. The van der Waals surface area contributed by atoms with Gasteiger partial charge >= 0.3 is 0 Å². The average Bonchev–Trinajstić information content (AvgIpc) is 2.82. The van der Waals surface area contributed by atoms with Crippen LogP contribution in [0.2, 0.25) is 0 Å². The van der Waals surface area contributed by atoms with E-state index in [1.807, 2.05) is 60.7 Å². The third-order valence-corrected chi connectivity index (χ3v) is 5.44. The lowest BCUT2D eigenvalue weighted by Crippen LogP contribution is -2.33. The van der Waals surface area contributed by atoms with E-state index in [4.69, 9.17) is 4.74 Å². The van der Waals surface area contributed by atoms with E-state index < -0.39 is 6.04 Å². The maximum Gasteiger partial charge on any atom is 0.222 e. The van der Waals surface area contributed by atoms with Crippen molar-refractivity contribution < 1.29 is 14.3 Å². The number of hydrogen-bond donors (Lipinski definition) is 2. The molecule has 0 spiro atoms. The average molecular weight is 431 g/mol. The van der Waals surface area contributed by atoms with Gasteiger partial charge < -0.3 is 15.4 Å². The van der Waals surface area contributed by atoms with E-state index in [9.17, 15) is 9.59 Å². The van der Waals surface area contributed by atoms with Crippen LogP contribution in [0.15, 0.2) is 84.9 Å². The Hall–Kier alpha value is -3.60. The monoisotopic (exact) mass is 430 g/mol. The summed E-state index contributed by atoms with van der Waals surface area (Å²) in [6.45, 7) is 2.00. The lowest BCUT2D eigenvalue weighted by atomic mass is 9.88. The van der Waals surface area contributed by atoms with E-state index in [0.717, 1.165) is 17.7 Å². The van der Waals surface area contributed by atoms with E-state index >= 15 is 0 Å². The Morgan fingerprint density at radius 2 is 1.38 bits per heavy atom. The van der Waals surface area contributed by atoms with Gasteiger partial charge in [0.2, 0.25) is 11.8 Å². The summed E-state index contributed by atoms with van der Waals surface area (Å²) in [4.78, 5) is 24.4. The molecule has 32 heavy (non-hydrogen) atoms. The number of carbonyl (C=O) groups is 2. The van der Waals surface area contributed by atoms with Gasteiger partial charge in [0.15, 0.2) is 0 Å². The predicted molar refractivity (Wildman–Crippen MR) is 127 cm³/mol. The first-order valence-electron chi connectivity index (χ1n) is 10.8. The molecular weight excluding hydrogens is 400 g/mol. The molecule has 1 unspecified atom stereocenters. The standard InChI is InChI=1S/C27H30N2O3/c1-20(30)29-26(23-13-15-24(32-2)16-14-23)19-27(31)28-18-17-25(21-9-5-3-6-10-21)22-11-7-4-8-12-22/h3-16,25-26H,17-19H2,1-2H3,(H,28,31)(H,29,30). The van der Waals surface area contributed by atoms with Gasteiger partial charge in [-0.05, 0) is 35.2 Å². The minimum absolute atomic E-state index is 0.0977. The number of rotatable bonds is 10. The summed E-state index contributed by atoms with van der Waals surface area (Å²) >= 11 is 0. The molecule has 0 bridgehead atoms. The van der Waals surface area contributed by atoms with Crippen molar-refractivity contribution in [2.45, 2.75) is 31.7 Å². The minimum Gasteiger partial charge on any atom is -0.497 e. The molecule has 0 aliphatic heterocycles. The Bertz CT molecular complexity index is 949. The Morgan fingerprint density at radius 1 is 0.812 bits per heavy atom. The fourth-order valence-electron chi connectivity index (χ4n) is 3.84. The zero-order valence-electron chi connectivity index (χ0n) is 18.6. The lowest BCUT2D eigenvalue weighted by Gasteiger charge is -2.20. The van der Waals surface area contributed by atoms with Crippen LogP contribution < -0.4 is 15.4 Å². The van der Waals surface area contributed by atoms with Crippen LogP contribution in [0, 0.1) is 0 Å². The van der Waals surface area contributed by atoms with Gasteiger partial charge in [0.05, 0.1) is 19.6 Å². The van der Waals surface area contributed by atoms with Crippen LogP contribution in [-0.2, 0) is 9.59 Å². The highest BCUT2D eigenvalue weighted by atomic mass is 16.5. The van der Waals surface area contributed by atoms with Crippen LogP contribution in [0.1, 0.15) is 48.4 Å². The van der Waals surface area contributed by atoms with Crippen LogP contribution >= 0.6 is 0 Å². The van der Waals surface area contributed by atoms with Gasteiger partial charge in [0.25, 0.3) is 0 Å². The normalized spacial score (nSPS) is 11.6. The number of nitrogens with one attached hydrogen (secondary N) is 2. The van der Waals surface area contributed by atoms with Crippen molar-refractivity contribution in [3.63, 3.8) is 0 Å². The molecule has 2 N–H and O–H groups in total. The summed E-state index contributed by atoms with van der Waals surface area (Å²) in [6, 6.07) is 27.7. The van der Waals surface area contributed by atoms with Crippen molar-refractivity contribution in [3.05, 3.63) is 102 Å². The molecule has 5 nitrogen and oxygen atoms in total. The van der Waals surface area contributed by atoms with Crippen molar-refractivity contribution >= 4 is 11.8 Å². The Labute approximate surface area is 189 Å². The second-order valence-electron chi connectivity index (χ2n) is 7.74. The van der Waals surface area contributed by atoms with Crippen molar-refractivity contribution in [1.82, 2.24) is 10.6 Å². The number of carbonyl (C=O) groups excluding carboxylic acids is 2. The van der Waals surface area contributed by atoms with Crippen LogP contribution in [0.3, 0.4) is 0 Å². The van der Waals surface area contributed by atoms with E-state index in [1.165, 1.54) is 18.1 Å². The highest BCUT2D eigenvalue weighted by Gasteiger charge is 2.18. The van der Waals surface area contributed by atoms with Gasteiger partial charge in [-0.3, -0.25) is 9.59 Å². The van der Waals surface area contributed by atoms with Crippen molar-refractivity contribution in [3.8, 4) is 5.75 Å². The third kappa shape index (κ3) is 6.71. The fraction of sp³-hybridized carbons (Fsp3) is 0.259. The van der Waals surface area contributed by atoms with Crippen molar-refractivity contribution in [1.29, 1.82) is 0 Å². The van der Waals surface area contributed by atoms with Crippen LogP contribution in [0.5, 0.6) is 5.75 Å². The number of methoxy groups -OCH3 is 1. The smallest absolute Gasteiger partial charge is 0.222 e. The SMILES string of the molecule is COc1ccc(C(CC(=O)NCCC(c2ccccc2)c2ccccc2)NC(C)=O)cc1. The molecule has 3 rings (SSSR count). The Kier molecular flexibility index (Phi) is 8.44. The summed E-state index contributed by atoms with van der Waals surface area (Å²) in [5.74, 6) is 0.657. The summed E-state index contributed by atoms with van der Waals surface area (Å²) in [5, 5.41) is 5.91. The van der Waals surface area contributed by atoms with Crippen molar-refractivity contribution in [2.75, 3.05) is 13.7 Å². The van der Waals surface area contributed by atoms with Crippen LogP contribution in [0.4, 0.5) is 0 Å². The second kappa shape index (κ2) is 11.7. The minimum atomic E-state index is -0.391. The first-order valence-corrected chi connectivity index (χ1v) is 10.8. The lowest BCUT2D eigenvalue weighted by molar-refractivity contribution is -0.122. The maximum absolute atomic E-state index is 12.7. The topological polar surface area (TPSA) is 67.4 Å². The Balaban J connectivity index is 1.62. The first-order chi connectivity index (χ1) is 15.6. The van der Waals surface area contributed by atoms with Crippen LogP contribution in [-0.4, -0.2) is 25.5 Å². The number of amides is 2. The molecule has 0 radical (unpaired) electrons. The van der Waals surface area contributed by atoms with E-state index in [0.29, 0.717) is 6.54 Å². The molecule has 0 aliphatic carbocycles. The summed E-state index contributed by atoms with van der Waals surface area (Å²) in [5.41, 5.74) is 3.31. The molecular formula is C27H30N2O3. The quantitative estimate of drug-likeness (QED) is 0.494. The van der Waals surface area contributed by atoms with Crippen molar-refractivity contribution in [2.24, 2.45) is 0 Å². The third-order valence-electron chi connectivity index (χ3n) is 5.44. The molecule has 3 aromatic carbocycles. The number of hydrogen-bond acceptors (Lipinski definition) is 3. The summed E-state index contributed by atoms with van der Waals surface area (Å²) in [6.07, 6.45) is 0.959. The van der Waals surface area contributed by atoms with Gasteiger partial charge in [-0.25, -0.2) is 0 Å². The zero-order valence-corrected chi connectivity index (χ0v) is 18.6. The van der Waals surface area contributed by atoms with Gasteiger partial charge in [-0.15, -0.1) is 0 Å². The van der Waals surface area contributed by atoms with Gasteiger partial charge in [-0.2, -0.15) is 0 Å². The molecule has 0 aromatic heterocycles. The Morgan fingerprint density at radius 3 is 1.88 bits per heavy atom. The molecule has 3 aromatic rings. The number of benzene rings is 3. The van der Waals surface area contributed by atoms with E-state index in [1.54, 1.807) is 7.11 Å². The molecule has 0 saturated heterocycles. The maximum atomic E-state index is 12.7. The van der Waals surface area contributed by atoms with E-state index in [-0.39, 0.29) is 24.2 Å². The van der Waals surface area contributed by atoms with Gasteiger partial charge in [0, 0.05) is 19.4 Å². The first kappa shape index (κ1) is 23.1. The molecule has 166 valence electrons. The van der Waals surface area contributed by atoms with E-state index in [2.05, 4.69) is 34.9 Å². The highest BCUT2D eigenvalue weighted by molar-refractivity contribution is 5.79. The van der Waals surface area contributed by atoms with Gasteiger partial charge in [-0.1, -0.05) is 72.8 Å². The summed E-state index contributed by atoms with van der Waals surface area (Å²) in [7, 11) is 1.60. The fourth-order valence-corrected chi connectivity index (χ4v) is 3.84. The zero-order chi connectivity index (χ0) is 22.8. The molecule has 0 aliphatic rings. The largest absolute Gasteiger partial charge is 0.497 e. The summed E-state index contributed by atoms with van der Waals surface area (Å²) < 4.78 is 5.19. The molecule has 1 atom stereocenters. The highest BCUT2D eigenvalue weighted by Crippen LogP contribution is 2.27. The molecule has 5 heteroatoms. The predicted octanol–water partition coefficient (Wildman–Crippen LogP) is 4.60. The second-order valence-corrected chi connectivity index (χ2v) is 7.74. The molecule has 0 saturated carbocycles. The molecule has 2 amide bonds. The number of ether oxygens (including phenoxy) is 1. The molecule has 0 fully saturated rings. The van der Waals surface area contributed by atoms with Crippen LogP contribution in [0.25, 0.3) is 0 Å². The van der Waals surface area contributed by atoms with Gasteiger partial charge in [0.1, 0.15) is 5.75 Å².